The number of hydrogen-bond donors (Lipinski definition) is 0. The summed E-state index contributed by atoms with van der Waals surface area (Å²) in [6, 6.07) is -1.17. The Morgan fingerprint density at radius 3 is 2.00 bits per heavy atom. The molecule has 0 saturated carbocycles. The van der Waals surface area contributed by atoms with Crippen LogP contribution in [0.3, 0.4) is 0 Å². The van der Waals surface area contributed by atoms with Crippen molar-refractivity contribution in [3.8, 4) is 0 Å². The van der Waals surface area contributed by atoms with Gasteiger partial charge in [0.2, 0.25) is 0 Å². The summed E-state index contributed by atoms with van der Waals surface area (Å²) in [6.07, 6.45) is 0. The zero-order valence-electron chi connectivity index (χ0n) is 3.54. The van der Waals surface area contributed by atoms with Gasteiger partial charge in [0, 0.05) is 0 Å². The minimum Gasteiger partial charge on any atom is -0.398 e. The molecular weight excluding hydrogens is 217 g/mol. The van der Waals surface area contributed by atoms with E-state index in [0.29, 0.717) is 0 Å². The minimum atomic E-state index is -1.17. The molecule has 0 aromatic carbocycles. The Bertz CT molecular complexity index is 86.9. The zero-order chi connectivity index (χ0) is 5.86. The van der Waals surface area contributed by atoms with Gasteiger partial charge < -0.3 is 3.07 Å². The van der Waals surface area contributed by atoms with Gasteiger partial charge in [-0.25, -0.2) is 4.39 Å². The topological polar surface area (TPSA) is 9.23 Å². The van der Waals surface area contributed by atoms with Crippen LogP contribution in [-0.2, 0) is 3.07 Å². The molecule has 0 rings (SSSR count). The first-order valence-electron chi connectivity index (χ1n) is 1.49. The quantitative estimate of drug-likeness (QED) is 0.487. The molecule has 1 nitrogen and oxygen atoms in total. The van der Waals surface area contributed by atoms with Crippen LogP contribution in [0.15, 0.2) is 11.8 Å². The zero-order valence-corrected chi connectivity index (χ0v) is 5.70. The van der Waals surface area contributed by atoms with Gasteiger partial charge in [-0.15, -0.1) is 0 Å². The van der Waals surface area contributed by atoms with E-state index < -0.39 is 11.8 Å². The second-order valence-corrected chi connectivity index (χ2v) is 1.32. The molecule has 0 unspecified atom stereocenters. The standard InChI is InChI=1S/C3H3F2IO/c1-2(4)3(5)7-6/h1H3/b3-2-. The third kappa shape index (κ3) is 2.78. The van der Waals surface area contributed by atoms with Crippen molar-refractivity contribution in [2.24, 2.45) is 0 Å². The fourth-order valence-electron chi connectivity index (χ4n) is 0.0532. The smallest absolute Gasteiger partial charge is 0.313 e. The highest BCUT2D eigenvalue weighted by Gasteiger charge is 1.96. The predicted octanol–water partition coefficient (Wildman–Crippen LogP) is 2.48. The maximum Gasteiger partial charge on any atom is 0.313 e. The molecule has 0 radical (unpaired) electrons. The summed E-state index contributed by atoms with van der Waals surface area (Å²) in [4.78, 5) is 0. The van der Waals surface area contributed by atoms with Crippen molar-refractivity contribution in [3.63, 3.8) is 0 Å². The van der Waals surface area contributed by atoms with Crippen molar-refractivity contribution in [2.45, 2.75) is 6.92 Å². The van der Waals surface area contributed by atoms with E-state index in [0.717, 1.165) is 6.92 Å². The van der Waals surface area contributed by atoms with Gasteiger partial charge in [0.15, 0.2) is 28.8 Å². The van der Waals surface area contributed by atoms with E-state index in [1.165, 1.54) is 23.0 Å². The van der Waals surface area contributed by atoms with Crippen LogP contribution in [0.1, 0.15) is 6.92 Å². The molecule has 7 heavy (non-hydrogen) atoms. The first kappa shape index (κ1) is 7.13. The molecule has 0 N–H and O–H groups in total. The van der Waals surface area contributed by atoms with Gasteiger partial charge in [0.05, 0.1) is 0 Å². The lowest BCUT2D eigenvalue weighted by Crippen LogP contribution is -1.70. The van der Waals surface area contributed by atoms with Gasteiger partial charge in [-0.05, 0) is 6.92 Å². The second kappa shape index (κ2) is 3.17. The number of hydrogen-bond acceptors (Lipinski definition) is 1. The minimum absolute atomic E-state index is 0.936. The maximum atomic E-state index is 11.5. The molecule has 0 saturated heterocycles. The molecule has 0 amide bonds. The van der Waals surface area contributed by atoms with Gasteiger partial charge in [-0.1, -0.05) is 0 Å². The van der Waals surface area contributed by atoms with Crippen LogP contribution >= 0.6 is 23.0 Å². The summed E-state index contributed by atoms with van der Waals surface area (Å²) < 4.78 is 26.8. The lowest BCUT2D eigenvalue weighted by atomic mass is 10.7. The van der Waals surface area contributed by atoms with Crippen molar-refractivity contribution in [1.29, 1.82) is 0 Å². The first-order chi connectivity index (χ1) is 3.18. The molecule has 0 spiro atoms. The molecule has 4 heteroatoms. The molecule has 0 aromatic heterocycles. The molecule has 0 bridgehead atoms. The number of rotatable bonds is 1. The Hall–Kier alpha value is 0.130. The van der Waals surface area contributed by atoms with Crippen LogP contribution in [0, 0.1) is 0 Å². The van der Waals surface area contributed by atoms with Gasteiger partial charge >= 0.3 is 6.01 Å². The van der Waals surface area contributed by atoms with Crippen LogP contribution < -0.4 is 0 Å². The normalized spacial score (nSPS) is 13.1. The van der Waals surface area contributed by atoms with Gasteiger partial charge in [-0.3, -0.25) is 0 Å². The second-order valence-electron chi connectivity index (χ2n) is 0.884. The Kier molecular flexibility index (Phi) is 3.23. The number of halogens is 3. The Balaban J connectivity index is 3.72. The van der Waals surface area contributed by atoms with Crippen molar-refractivity contribution in [1.82, 2.24) is 0 Å². The first-order valence-corrected chi connectivity index (χ1v) is 2.37. The molecular formula is C3H3F2IO. The van der Waals surface area contributed by atoms with Crippen LogP contribution in [0.25, 0.3) is 0 Å². The summed E-state index contributed by atoms with van der Waals surface area (Å²) in [5.74, 6) is -0.936. The third-order valence-electron chi connectivity index (χ3n) is 0.339. The van der Waals surface area contributed by atoms with Crippen LogP contribution in [-0.4, -0.2) is 0 Å². The van der Waals surface area contributed by atoms with Crippen molar-refractivity contribution in [3.05, 3.63) is 11.8 Å². The van der Waals surface area contributed by atoms with Crippen molar-refractivity contribution in [2.75, 3.05) is 0 Å². The van der Waals surface area contributed by atoms with Gasteiger partial charge in [-0.2, -0.15) is 4.39 Å². The van der Waals surface area contributed by atoms with E-state index in [-0.39, 0.29) is 0 Å². The fraction of sp³-hybridized carbons (Fsp3) is 0.333. The van der Waals surface area contributed by atoms with Crippen LogP contribution in [0.5, 0.6) is 0 Å². The molecule has 0 aliphatic rings. The molecule has 0 aliphatic heterocycles. The Labute approximate surface area is 54.0 Å². The third-order valence-corrected chi connectivity index (χ3v) is 0.725. The van der Waals surface area contributed by atoms with Crippen LogP contribution in [0.4, 0.5) is 8.78 Å². The maximum absolute atomic E-state index is 11.5. The summed E-state index contributed by atoms with van der Waals surface area (Å²) in [5, 5.41) is 0. The van der Waals surface area contributed by atoms with E-state index in [1.807, 2.05) is 0 Å². The summed E-state index contributed by atoms with van der Waals surface area (Å²) in [7, 11) is 0. The Morgan fingerprint density at radius 2 is 2.00 bits per heavy atom. The Morgan fingerprint density at radius 1 is 1.57 bits per heavy atom. The highest BCUT2D eigenvalue weighted by molar-refractivity contribution is 14.1. The van der Waals surface area contributed by atoms with E-state index in [1.54, 1.807) is 0 Å². The molecule has 0 aliphatic carbocycles. The van der Waals surface area contributed by atoms with E-state index in [9.17, 15) is 8.78 Å². The van der Waals surface area contributed by atoms with Gasteiger partial charge in [0.1, 0.15) is 0 Å². The molecule has 0 atom stereocenters. The van der Waals surface area contributed by atoms with Gasteiger partial charge in [0.25, 0.3) is 0 Å². The molecule has 0 fully saturated rings. The summed E-state index contributed by atoms with van der Waals surface area (Å²) in [5.41, 5.74) is 0. The molecule has 42 valence electrons. The fourth-order valence-corrected chi connectivity index (χ4v) is 0.357. The van der Waals surface area contributed by atoms with E-state index >= 15 is 0 Å². The largest absolute Gasteiger partial charge is 0.398 e. The highest BCUT2D eigenvalue weighted by Crippen LogP contribution is 2.10. The van der Waals surface area contributed by atoms with Crippen molar-refractivity contribution >= 4 is 23.0 Å². The summed E-state index contributed by atoms with van der Waals surface area (Å²) >= 11 is 1.26. The average Bonchev–Trinajstić information content (AvgIpc) is 1.65. The van der Waals surface area contributed by atoms with Crippen molar-refractivity contribution < 1.29 is 11.8 Å². The summed E-state index contributed by atoms with van der Waals surface area (Å²) in [6.45, 7) is 0.980. The number of allylic oxidation sites excluding steroid dienone is 1. The lowest BCUT2D eigenvalue weighted by molar-refractivity contribution is 0.346. The van der Waals surface area contributed by atoms with Crippen LogP contribution in [0.2, 0.25) is 0 Å². The lowest BCUT2D eigenvalue weighted by Gasteiger charge is -1.86. The molecule has 0 aromatic rings. The SMILES string of the molecule is C/C(F)=C(\F)OI. The average molecular weight is 220 g/mol. The highest BCUT2D eigenvalue weighted by atomic mass is 127. The molecule has 0 heterocycles. The van der Waals surface area contributed by atoms with E-state index in [4.69, 9.17) is 0 Å². The predicted molar refractivity (Wildman–Crippen MR) is 30.0 cm³/mol. The monoisotopic (exact) mass is 220 g/mol. The van der Waals surface area contributed by atoms with E-state index in [2.05, 4.69) is 3.07 Å².